The molecule has 0 spiro atoms. The number of unbranched alkanes of at least 4 members (excludes halogenated alkanes) is 10. The molecule has 0 fully saturated rings. The van der Waals surface area contributed by atoms with E-state index >= 15 is 0 Å². The summed E-state index contributed by atoms with van der Waals surface area (Å²) in [7, 11) is 0. The van der Waals surface area contributed by atoms with E-state index in [2.05, 4.69) is 44.8 Å². The van der Waals surface area contributed by atoms with Gasteiger partial charge in [0.05, 0.1) is 19.6 Å². The highest BCUT2D eigenvalue weighted by molar-refractivity contribution is 5.69. The lowest BCUT2D eigenvalue weighted by Crippen LogP contribution is -2.35. The minimum Gasteiger partial charge on any atom is -0.465 e. The zero-order chi connectivity index (χ0) is 29.0. The third-order valence-corrected chi connectivity index (χ3v) is 6.71. The molecule has 0 saturated heterocycles. The molecule has 0 aliphatic carbocycles. The van der Waals surface area contributed by atoms with Crippen LogP contribution in [0.3, 0.4) is 0 Å². The highest BCUT2D eigenvalue weighted by Gasteiger charge is 2.15. The van der Waals surface area contributed by atoms with Gasteiger partial charge >= 0.3 is 12.1 Å². The summed E-state index contributed by atoms with van der Waals surface area (Å²) in [5.74, 6) is -0.644. The van der Waals surface area contributed by atoms with Crippen LogP contribution in [0.2, 0.25) is 0 Å². The van der Waals surface area contributed by atoms with Crippen LogP contribution in [-0.2, 0) is 23.7 Å². The van der Waals surface area contributed by atoms with E-state index in [1.807, 2.05) is 0 Å². The van der Waals surface area contributed by atoms with Crippen LogP contribution < -0.4 is 5.32 Å². The zero-order valence-corrected chi connectivity index (χ0v) is 25.8. The maximum atomic E-state index is 12.3. The number of hydrogen-bond acceptors (Lipinski definition) is 7. The van der Waals surface area contributed by atoms with E-state index in [-0.39, 0.29) is 37.8 Å². The van der Waals surface area contributed by atoms with Crippen molar-refractivity contribution in [3.63, 3.8) is 0 Å². The largest absolute Gasteiger partial charge is 0.465 e. The Morgan fingerprint density at radius 1 is 0.744 bits per heavy atom. The number of carbonyl (C=O) groups excluding carboxylic acids is 2. The van der Waals surface area contributed by atoms with Gasteiger partial charge in [0.2, 0.25) is 0 Å². The first-order valence-corrected chi connectivity index (χ1v) is 15.8. The molecule has 0 saturated carbocycles. The van der Waals surface area contributed by atoms with E-state index in [1.54, 1.807) is 0 Å². The van der Waals surface area contributed by atoms with E-state index in [1.165, 1.54) is 51.4 Å². The molecule has 8 nitrogen and oxygen atoms in total. The van der Waals surface area contributed by atoms with Crippen LogP contribution in [0.1, 0.15) is 118 Å². The SMILES string of the molecule is [CH2]C(COC(=O)CCC(OCCCCCCCC)OCCCCCCCC)COC(=O)NCCN(CC)CC. The van der Waals surface area contributed by atoms with Crippen LogP contribution in [0.15, 0.2) is 0 Å². The van der Waals surface area contributed by atoms with Gasteiger partial charge in [-0.25, -0.2) is 4.79 Å². The van der Waals surface area contributed by atoms with E-state index in [0.29, 0.717) is 26.2 Å². The van der Waals surface area contributed by atoms with Crippen molar-refractivity contribution >= 4 is 12.1 Å². The number of esters is 1. The van der Waals surface area contributed by atoms with E-state index < -0.39 is 6.09 Å². The average molecular weight is 558 g/mol. The van der Waals surface area contributed by atoms with E-state index in [0.717, 1.165) is 45.3 Å². The van der Waals surface area contributed by atoms with Crippen molar-refractivity contribution in [3.8, 4) is 0 Å². The second kappa shape index (κ2) is 28.2. The van der Waals surface area contributed by atoms with E-state index in [9.17, 15) is 9.59 Å². The molecule has 8 heteroatoms. The standard InChI is InChI=1S/C31H61N2O6/c1-6-10-12-14-16-18-24-36-30(37-25-19-17-15-13-11-7-2)21-20-29(34)38-26-28(5)27-39-31(35)32-22-23-33(8-3)9-4/h28,30H,5-27H2,1-4H3,(H,32,35). The van der Waals surface area contributed by atoms with Crippen LogP contribution in [0.5, 0.6) is 0 Å². The Kier molecular flexibility index (Phi) is 27.2. The molecular weight excluding hydrogens is 496 g/mol. The lowest BCUT2D eigenvalue weighted by Gasteiger charge is -2.19. The van der Waals surface area contributed by atoms with Gasteiger partial charge in [0.15, 0.2) is 6.29 Å². The third kappa shape index (κ3) is 25.3. The summed E-state index contributed by atoms with van der Waals surface area (Å²) >= 11 is 0. The smallest absolute Gasteiger partial charge is 0.407 e. The Morgan fingerprint density at radius 2 is 1.26 bits per heavy atom. The summed E-state index contributed by atoms with van der Waals surface area (Å²) in [5.41, 5.74) is 0. The highest BCUT2D eigenvalue weighted by atomic mass is 16.7. The van der Waals surface area contributed by atoms with Gasteiger partial charge in [-0.15, -0.1) is 0 Å². The molecular formula is C31H61N2O6. The molecule has 0 aromatic rings. The minimum absolute atomic E-state index is 0.0930. The van der Waals surface area contributed by atoms with Crippen LogP contribution in [0, 0.1) is 12.8 Å². The molecule has 231 valence electrons. The number of ether oxygens (including phenoxy) is 4. The number of nitrogens with one attached hydrogen (secondary N) is 1. The second-order valence-corrected chi connectivity index (χ2v) is 10.3. The summed E-state index contributed by atoms with van der Waals surface area (Å²) < 4.78 is 22.5. The number of alkyl carbamates (subject to hydrolysis) is 1. The van der Waals surface area contributed by atoms with Gasteiger partial charge in [0.1, 0.15) is 0 Å². The van der Waals surface area contributed by atoms with Gasteiger partial charge in [-0.2, -0.15) is 0 Å². The van der Waals surface area contributed by atoms with Gasteiger partial charge in [-0.3, -0.25) is 4.79 Å². The van der Waals surface area contributed by atoms with Gasteiger partial charge < -0.3 is 29.2 Å². The number of amides is 1. The Balaban J connectivity index is 4.20. The molecule has 1 radical (unpaired) electrons. The molecule has 39 heavy (non-hydrogen) atoms. The van der Waals surface area contributed by atoms with Crippen LogP contribution in [-0.4, -0.2) is 75.9 Å². The van der Waals surface area contributed by atoms with Crippen LogP contribution in [0.25, 0.3) is 0 Å². The summed E-state index contributed by atoms with van der Waals surface area (Å²) in [6, 6.07) is 0. The molecule has 1 atom stereocenters. The van der Waals surface area contributed by atoms with Crippen molar-refractivity contribution in [2.45, 2.75) is 124 Å². The van der Waals surface area contributed by atoms with Gasteiger partial charge in [0, 0.05) is 38.6 Å². The molecule has 0 rings (SSSR count). The van der Waals surface area contributed by atoms with E-state index in [4.69, 9.17) is 18.9 Å². The first-order valence-electron chi connectivity index (χ1n) is 15.8. The Hall–Kier alpha value is -1.38. The van der Waals surface area contributed by atoms with Crippen molar-refractivity contribution in [1.82, 2.24) is 10.2 Å². The maximum Gasteiger partial charge on any atom is 0.407 e. The molecule has 1 N–H and O–H groups in total. The van der Waals surface area contributed by atoms with Crippen LogP contribution >= 0.6 is 0 Å². The highest BCUT2D eigenvalue weighted by Crippen LogP contribution is 2.12. The average Bonchev–Trinajstić information content (AvgIpc) is 2.94. The molecule has 1 unspecified atom stereocenters. The predicted octanol–water partition coefficient (Wildman–Crippen LogP) is 6.91. The lowest BCUT2D eigenvalue weighted by atomic mass is 10.1. The topological polar surface area (TPSA) is 86.3 Å². The fourth-order valence-corrected chi connectivity index (χ4v) is 4.08. The van der Waals surface area contributed by atoms with Gasteiger partial charge in [-0.1, -0.05) is 91.9 Å². The number of hydrogen-bond donors (Lipinski definition) is 1. The molecule has 0 aromatic heterocycles. The maximum absolute atomic E-state index is 12.3. The zero-order valence-electron chi connectivity index (χ0n) is 25.8. The second-order valence-electron chi connectivity index (χ2n) is 10.3. The van der Waals surface area contributed by atoms with Gasteiger partial charge in [-0.05, 0) is 32.9 Å². The van der Waals surface area contributed by atoms with Crippen molar-refractivity contribution in [2.24, 2.45) is 5.92 Å². The fourth-order valence-electron chi connectivity index (χ4n) is 4.08. The molecule has 0 heterocycles. The number of rotatable bonds is 28. The lowest BCUT2D eigenvalue weighted by molar-refractivity contribution is -0.160. The Labute approximate surface area is 240 Å². The Morgan fingerprint density at radius 3 is 1.79 bits per heavy atom. The minimum atomic E-state index is -0.477. The first kappa shape index (κ1) is 37.6. The van der Waals surface area contributed by atoms with Crippen molar-refractivity contribution in [3.05, 3.63) is 6.92 Å². The van der Waals surface area contributed by atoms with Crippen molar-refractivity contribution < 1.29 is 28.5 Å². The fraction of sp³-hybridized carbons (Fsp3) is 0.903. The molecule has 1 amide bonds. The third-order valence-electron chi connectivity index (χ3n) is 6.71. The normalized spacial score (nSPS) is 12.2. The predicted molar refractivity (Wildman–Crippen MR) is 159 cm³/mol. The summed E-state index contributed by atoms with van der Waals surface area (Å²) in [6.07, 6.45) is 14.3. The molecule has 0 bridgehead atoms. The molecule has 0 aliphatic heterocycles. The van der Waals surface area contributed by atoms with Crippen molar-refractivity contribution in [1.29, 1.82) is 0 Å². The number of carbonyl (C=O) groups is 2. The quantitative estimate of drug-likeness (QED) is 0.0635. The number of nitrogens with zero attached hydrogens (tertiary/aromatic N) is 1. The van der Waals surface area contributed by atoms with Gasteiger partial charge in [0.25, 0.3) is 0 Å². The van der Waals surface area contributed by atoms with Crippen LogP contribution in [0.4, 0.5) is 4.79 Å². The monoisotopic (exact) mass is 557 g/mol. The Bertz CT molecular complexity index is 541. The molecule has 0 aromatic carbocycles. The molecule has 0 aliphatic rings. The summed E-state index contributed by atoms with van der Waals surface area (Å²) in [4.78, 5) is 26.4. The summed E-state index contributed by atoms with van der Waals surface area (Å²) in [5, 5.41) is 2.74. The number of likely N-dealkylation sites (N-methyl/N-ethyl adjacent to an activating group) is 1. The summed E-state index contributed by atoms with van der Waals surface area (Å²) in [6.45, 7) is 17.2. The van der Waals surface area contributed by atoms with Crippen molar-refractivity contribution in [2.75, 3.05) is 52.6 Å². The first-order chi connectivity index (χ1) is 19.0.